The molecule has 3 aromatic carbocycles. The first-order valence-corrected chi connectivity index (χ1v) is 10.2. The molecule has 5 rings (SSSR count). The van der Waals surface area contributed by atoms with Gasteiger partial charge in [-0.1, -0.05) is 64.5 Å². The van der Waals surface area contributed by atoms with Crippen molar-refractivity contribution in [2.45, 2.75) is 5.92 Å². The average Bonchev–Trinajstić information content (AvgIpc) is 2.76. The van der Waals surface area contributed by atoms with E-state index in [-0.39, 0.29) is 0 Å². The van der Waals surface area contributed by atoms with Crippen LogP contribution in [0.15, 0.2) is 108 Å². The van der Waals surface area contributed by atoms with Crippen LogP contribution in [0.25, 0.3) is 21.9 Å². The zero-order valence-corrected chi connectivity index (χ0v) is 17.3. The number of rotatable bonds is 3. The molecule has 5 heteroatoms. The van der Waals surface area contributed by atoms with Crippen LogP contribution in [0.1, 0.15) is 22.6 Å². The number of para-hydroxylation sites is 2. The largest absolute Gasteiger partial charge is 0.423 e. The van der Waals surface area contributed by atoms with Gasteiger partial charge >= 0.3 is 11.3 Å². The predicted octanol–water partition coefficient (Wildman–Crippen LogP) is 5.84. The number of hydrogen-bond donors (Lipinski definition) is 0. The van der Waals surface area contributed by atoms with Crippen molar-refractivity contribution in [1.82, 2.24) is 0 Å². The topological polar surface area (TPSA) is 60.4 Å². The lowest BCUT2D eigenvalue weighted by Crippen LogP contribution is -2.20. The summed E-state index contributed by atoms with van der Waals surface area (Å²) in [4.78, 5) is 25.9. The Balaban J connectivity index is 1.82. The van der Waals surface area contributed by atoms with Gasteiger partial charge in [-0.25, -0.2) is 9.59 Å². The normalized spacial score (nSPS) is 11.4. The lowest BCUT2D eigenvalue weighted by atomic mass is 9.86. The third kappa shape index (κ3) is 3.27. The highest BCUT2D eigenvalue weighted by Crippen LogP contribution is 2.32. The van der Waals surface area contributed by atoms with Crippen LogP contribution in [0, 0.1) is 0 Å². The van der Waals surface area contributed by atoms with Gasteiger partial charge in [0.2, 0.25) is 0 Å². The first-order chi connectivity index (χ1) is 14.6. The van der Waals surface area contributed by atoms with Crippen LogP contribution in [-0.2, 0) is 0 Å². The molecule has 0 fully saturated rings. The molecule has 0 unspecified atom stereocenters. The quantitative estimate of drug-likeness (QED) is 0.318. The molecule has 2 aromatic heterocycles. The monoisotopic (exact) mass is 458 g/mol. The molecule has 4 nitrogen and oxygen atoms in total. The number of benzene rings is 3. The summed E-state index contributed by atoms with van der Waals surface area (Å²) in [5, 5.41) is 1.58. The molecule has 2 heterocycles. The first-order valence-electron chi connectivity index (χ1n) is 9.41. The standard InChI is InChI=1S/C25H15BrO4/c26-18-11-9-15(10-12-18)23(19-13-16-5-1-3-7-21(16)29-24(19)27)20-14-17-6-2-4-8-22(17)30-25(20)28/h1-14,23H. The Kier molecular flexibility index (Phi) is 4.60. The van der Waals surface area contributed by atoms with E-state index in [1.807, 2.05) is 60.7 Å². The van der Waals surface area contributed by atoms with Crippen molar-refractivity contribution >= 4 is 37.9 Å². The maximum Gasteiger partial charge on any atom is 0.340 e. The molecule has 0 aliphatic heterocycles. The summed E-state index contributed by atoms with van der Waals surface area (Å²) in [7, 11) is 0. The molecule has 0 saturated heterocycles. The summed E-state index contributed by atoms with van der Waals surface area (Å²) in [6.07, 6.45) is 0. The number of hydrogen-bond acceptors (Lipinski definition) is 4. The third-order valence-electron chi connectivity index (χ3n) is 5.16. The van der Waals surface area contributed by atoms with Crippen molar-refractivity contribution in [3.63, 3.8) is 0 Å². The zero-order valence-electron chi connectivity index (χ0n) is 15.7. The minimum Gasteiger partial charge on any atom is -0.423 e. The van der Waals surface area contributed by atoms with Gasteiger partial charge in [0, 0.05) is 21.2 Å². The molecule has 0 atom stereocenters. The Labute approximate surface area is 179 Å². The van der Waals surface area contributed by atoms with Gasteiger partial charge in [-0.2, -0.15) is 0 Å². The minimum atomic E-state index is -0.625. The summed E-state index contributed by atoms with van der Waals surface area (Å²) in [5.74, 6) is -0.625. The summed E-state index contributed by atoms with van der Waals surface area (Å²) in [5.41, 5.74) is 1.63. The number of fused-ring (bicyclic) bond motifs is 2. The van der Waals surface area contributed by atoms with Gasteiger partial charge in [-0.15, -0.1) is 0 Å². The molecule has 146 valence electrons. The van der Waals surface area contributed by atoms with E-state index in [0.29, 0.717) is 22.3 Å². The summed E-state index contributed by atoms with van der Waals surface area (Å²) in [6.45, 7) is 0. The van der Waals surface area contributed by atoms with Gasteiger partial charge in [0.25, 0.3) is 0 Å². The second-order valence-corrected chi connectivity index (χ2v) is 7.95. The van der Waals surface area contributed by atoms with Gasteiger partial charge < -0.3 is 8.83 Å². The van der Waals surface area contributed by atoms with Crippen LogP contribution >= 0.6 is 15.9 Å². The second kappa shape index (κ2) is 7.43. The van der Waals surface area contributed by atoms with Gasteiger partial charge in [-0.05, 0) is 42.0 Å². The van der Waals surface area contributed by atoms with E-state index in [0.717, 1.165) is 20.8 Å². The molecule has 0 spiro atoms. The summed E-state index contributed by atoms with van der Waals surface area (Å²) < 4.78 is 12.0. The Bertz CT molecular complexity index is 1400. The Morgan fingerprint density at radius 1 is 0.633 bits per heavy atom. The average molecular weight is 459 g/mol. The fourth-order valence-corrected chi connectivity index (χ4v) is 4.00. The van der Waals surface area contributed by atoms with Crippen molar-refractivity contribution in [1.29, 1.82) is 0 Å². The van der Waals surface area contributed by atoms with E-state index in [1.165, 1.54) is 0 Å². The Morgan fingerprint density at radius 3 is 1.60 bits per heavy atom. The van der Waals surface area contributed by atoms with Crippen LogP contribution in [0.5, 0.6) is 0 Å². The molecule has 30 heavy (non-hydrogen) atoms. The van der Waals surface area contributed by atoms with Crippen molar-refractivity contribution < 1.29 is 8.83 Å². The molecule has 0 N–H and O–H groups in total. The van der Waals surface area contributed by atoms with Gasteiger partial charge in [0.15, 0.2) is 0 Å². The highest BCUT2D eigenvalue weighted by molar-refractivity contribution is 9.10. The second-order valence-electron chi connectivity index (χ2n) is 7.04. The lowest BCUT2D eigenvalue weighted by Gasteiger charge is -2.17. The van der Waals surface area contributed by atoms with Gasteiger partial charge in [-0.3, -0.25) is 0 Å². The zero-order chi connectivity index (χ0) is 20.7. The summed E-state index contributed by atoms with van der Waals surface area (Å²) in [6, 6.07) is 25.8. The molecular formula is C25H15BrO4. The molecule has 0 aliphatic carbocycles. The van der Waals surface area contributed by atoms with Crippen LogP contribution in [-0.4, -0.2) is 0 Å². The lowest BCUT2D eigenvalue weighted by molar-refractivity contribution is 0.535. The SMILES string of the molecule is O=c1oc2ccccc2cc1C(c1ccc(Br)cc1)c1cc2ccccc2oc1=O. The smallest absolute Gasteiger partial charge is 0.340 e. The van der Waals surface area contributed by atoms with E-state index in [9.17, 15) is 9.59 Å². The van der Waals surface area contributed by atoms with E-state index in [2.05, 4.69) is 15.9 Å². The van der Waals surface area contributed by atoms with Crippen LogP contribution in [0.2, 0.25) is 0 Å². The molecule has 5 aromatic rings. The van der Waals surface area contributed by atoms with E-state index < -0.39 is 17.2 Å². The summed E-state index contributed by atoms with van der Waals surface area (Å²) >= 11 is 3.44. The van der Waals surface area contributed by atoms with E-state index >= 15 is 0 Å². The molecule has 0 bridgehead atoms. The van der Waals surface area contributed by atoms with E-state index in [4.69, 9.17) is 8.83 Å². The number of halogens is 1. The Hall–Kier alpha value is -3.44. The van der Waals surface area contributed by atoms with E-state index in [1.54, 1.807) is 24.3 Å². The minimum absolute atomic E-state index is 0.388. The third-order valence-corrected chi connectivity index (χ3v) is 5.69. The van der Waals surface area contributed by atoms with Crippen molar-refractivity contribution in [3.05, 3.63) is 127 Å². The Morgan fingerprint density at radius 2 is 1.10 bits per heavy atom. The fourth-order valence-electron chi connectivity index (χ4n) is 3.74. The first kappa shape index (κ1) is 18.6. The predicted molar refractivity (Wildman–Crippen MR) is 120 cm³/mol. The highest BCUT2D eigenvalue weighted by Gasteiger charge is 2.25. The molecule has 0 aliphatic rings. The van der Waals surface area contributed by atoms with Crippen molar-refractivity contribution in [2.75, 3.05) is 0 Å². The van der Waals surface area contributed by atoms with Crippen LogP contribution in [0.4, 0.5) is 0 Å². The van der Waals surface area contributed by atoms with Gasteiger partial charge in [0.1, 0.15) is 11.2 Å². The molecular weight excluding hydrogens is 444 g/mol. The van der Waals surface area contributed by atoms with Crippen molar-refractivity contribution in [3.8, 4) is 0 Å². The van der Waals surface area contributed by atoms with Gasteiger partial charge in [0.05, 0.1) is 11.1 Å². The van der Waals surface area contributed by atoms with Crippen LogP contribution in [0.3, 0.4) is 0 Å². The van der Waals surface area contributed by atoms with Crippen LogP contribution < -0.4 is 11.3 Å². The van der Waals surface area contributed by atoms with Crippen molar-refractivity contribution in [2.24, 2.45) is 0 Å². The maximum absolute atomic E-state index is 13.0. The molecule has 0 amide bonds. The molecule has 0 radical (unpaired) electrons. The maximum atomic E-state index is 13.0. The highest BCUT2D eigenvalue weighted by atomic mass is 79.9. The molecule has 0 saturated carbocycles. The fraction of sp³-hybridized carbons (Fsp3) is 0.0400.